The van der Waals surface area contributed by atoms with Crippen LogP contribution in [-0.4, -0.2) is 53.8 Å². The van der Waals surface area contributed by atoms with Crippen molar-refractivity contribution in [3.63, 3.8) is 0 Å². The van der Waals surface area contributed by atoms with E-state index in [1.807, 2.05) is 54.8 Å². The number of aryl methyl sites for hydroxylation is 1. The second-order valence-corrected chi connectivity index (χ2v) is 6.75. The highest BCUT2D eigenvalue weighted by Gasteiger charge is 2.28. The predicted molar refractivity (Wildman–Crippen MR) is 95.7 cm³/mol. The first-order chi connectivity index (χ1) is 11.4. The first-order valence-corrected chi connectivity index (χ1v) is 8.84. The lowest BCUT2D eigenvalue weighted by Gasteiger charge is -2.27. The highest BCUT2D eigenvalue weighted by Crippen LogP contribution is 2.13. The zero-order valence-corrected chi connectivity index (χ0v) is 15.0. The van der Waals surface area contributed by atoms with Crippen molar-refractivity contribution in [2.45, 2.75) is 39.7 Å². The summed E-state index contributed by atoms with van der Waals surface area (Å²) < 4.78 is 0. The molecule has 0 bridgehead atoms. The maximum absolute atomic E-state index is 12.7. The molecule has 1 heterocycles. The Kier molecular flexibility index (Phi) is 6.37. The number of amides is 2. The van der Waals surface area contributed by atoms with E-state index < -0.39 is 6.04 Å². The number of nitrogens with zero attached hydrogens (tertiary/aromatic N) is 2. The van der Waals surface area contributed by atoms with Crippen LogP contribution < -0.4 is 5.73 Å². The molecule has 1 fully saturated rings. The smallest absolute Gasteiger partial charge is 0.253 e. The molecule has 2 unspecified atom stereocenters. The van der Waals surface area contributed by atoms with E-state index in [1.165, 1.54) is 0 Å². The molecule has 2 atom stereocenters. The maximum atomic E-state index is 12.7. The van der Waals surface area contributed by atoms with Crippen molar-refractivity contribution in [2.24, 2.45) is 11.7 Å². The number of hydrogen-bond acceptors (Lipinski definition) is 3. The summed E-state index contributed by atoms with van der Waals surface area (Å²) in [6.45, 7) is 8.49. The number of carbonyl (C=O) groups is 2. The third-order valence-electron chi connectivity index (χ3n) is 4.90. The minimum Gasteiger partial charge on any atom is -0.339 e. The predicted octanol–water partition coefficient (Wildman–Crippen LogP) is 2.04. The van der Waals surface area contributed by atoms with Gasteiger partial charge < -0.3 is 15.5 Å². The van der Waals surface area contributed by atoms with Crippen LogP contribution in [0.2, 0.25) is 0 Å². The number of benzene rings is 1. The second kappa shape index (κ2) is 8.29. The molecule has 0 spiro atoms. The first-order valence-electron chi connectivity index (χ1n) is 8.84. The van der Waals surface area contributed by atoms with Crippen LogP contribution >= 0.6 is 0 Å². The van der Waals surface area contributed by atoms with Crippen LogP contribution in [0.25, 0.3) is 0 Å². The van der Waals surface area contributed by atoms with Crippen LogP contribution in [0.4, 0.5) is 0 Å². The average Bonchev–Trinajstić information content (AvgIpc) is 2.85. The van der Waals surface area contributed by atoms with Gasteiger partial charge >= 0.3 is 0 Å². The Bertz CT molecular complexity index is 588. The van der Waals surface area contributed by atoms with Crippen LogP contribution in [0, 0.1) is 12.8 Å². The summed E-state index contributed by atoms with van der Waals surface area (Å²) in [7, 11) is 0. The molecule has 2 rings (SSSR count). The zero-order chi connectivity index (χ0) is 17.7. The quantitative estimate of drug-likeness (QED) is 0.918. The standard InChI is InChI=1S/C19H29N3O2/c1-4-15(3)17(20)19(24)22-10-6-9-21(11-12-22)18(23)16-8-5-7-14(2)13-16/h5,7-8,13,15,17H,4,6,9-12,20H2,1-3H3. The molecule has 0 aliphatic carbocycles. The van der Waals surface area contributed by atoms with Crippen molar-refractivity contribution in [1.82, 2.24) is 9.80 Å². The van der Waals surface area contributed by atoms with E-state index in [0.29, 0.717) is 31.7 Å². The molecule has 0 aromatic heterocycles. The Labute approximate surface area is 144 Å². The lowest BCUT2D eigenvalue weighted by molar-refractivity contribution is -0.133. The van der Waals surface area contributed by atoms with Crippen LogP contribution in [0.1, 0.15) is 42.6 Å². The van der Waals surface area contributed by atoms with Gasteiger partial charge in [-0.2, -0.15) is 0 Å². The number of nitrogens with two attached hydrogens (primary N) is 1. The van der Waals surface area contributed by atoms with Crippen molar-refractivity contribution in [3.05, 3.63) is 35.4 Å². The van der Waals surface area contributed by atoms with Crippen LogP contribution in [0.5, 0.6) is 0 Å². The molecule has 1 aliphatic rings. The number of carbonyl (C=O) groups excluding carboxylic acids is 2. The lowest BCUT2D eigenvalue weighted by atomic mass is 9.99. The van der Waals surface area contributed by atoms with E-state index in [2.05, 4.69) is 0 Å². The van der Waals surface area contributed by atoms with Crippen molar-refractivity contribution in [1.29, 1.82) is 0 Å². The fourth-order valence-electron chi connectivity index (χ4n) is 3.01. The van der Waals surface area contributed by atoms with Gasteiger partial charge in [-0.05, 0) is 31.4 Å². The number of hydrogen-bond donors (Lipinski definition) is 1. The molecule has 1 saturated heterocycles. The minimum absolute atomic E-state index is 0.00852. The van der Waals surface area contributed by atoms with Gasteiger partial charge in [0.2, 0.25) is 5.91 Å². The van der Waals surface area contributed by atoms with Crippen molar-refractivity contribution in [3.8, 4) is 0 Å². The summed E-state index contributed by atoms with van der Waals surface area (Å²) in [5, 5.41) is 0. The molecule has 132 valence electrons. The largest absolute Gasteiger partial charge is 0.339 e. The van der Waals surface area contributed by atoms with Gasteiger partial charge in [-0.3, -0.25) is 9.59 Å². The monoisotopic (exact) mass is 331 g/mol. The minimum atomic E-state index is -0.450. The van der Waals surface area contributed by atoms with Gasteiger partial charge in [-0.15, -0.1) is 0 Å². The third kappa shape index (κ3) is 4.35. The fraction of sp³-hybridized carbons (Fsp3) is 0.579. The first kappa shape index (κ1) is 18.5. The third-order valence-corrected chi connectivity index (χ3v) is 4.90. The zero-order valence-electron chi connectivity index (χ0n) is 15.0. The molecule has 24 heavy (non-hydrogen) atoms. The molecular formula is C19H29N3O2. The summed E-state index contributed by atoms with van der Waals surface area (Å²) in [5.41, 5.74) is 7.87. The topological polar surface area (TPSA) is 66.6 Å². The van der Waals surface area contributed by atoms with E-state index in [-0.39, 0.29) is 17.7 Å². The van der Waals surface area contributed by atoms with Crippen molar-refractivity contribution in [2.75, 3.05) is 26.2 Å². The summed E-state index contributed by atoms with van der Waals surface area (Å²) in [5.74, 6) is 0.221. The summed E-state index contributed by atoms with van der Waals surface area (Å²) in [4.78, 5) is 28.9. The highest BCUT2D eigenvalue weighted by molar-refractivity contribution is 5.94. The molecular weight excluding hydrogens is 302 g/mol. The normalized spacial score (nSPS) is 18.0. The fourth-order valence-corrected chi connectivity index (χ4v) is 3.01. The average molecular weight is 331 g/mol. The Morgan fingerprint density at radius 2 is 1.83 bits per heavy atom. The van der Waals surface area contributed by atoms with Gasteiger partial charge in [0.15, 0.2) is 0 Å². The molecule has 1 aromatic rings. The van der Waals surface area contributed by atoms with E-state index in [4.69, 9.17) is 5.73 Å². The van der Waals surface area contributed by atoms with Gasteiger partial charge in [0, 0.05) is 31.7 Å². The molecule has 5 nitrogen and oxygen atoms in total. The van der Waals surface area contributed by atoms with E-state index in [1.54, 1.807) is 0 Å². The van der Waals surface area contributed by atoms with E-state index in [0.717, 1.165) is 18.4 Å². The van der Waals surface area contributed by atoms with Crippen molar-refractivity contribution < 1.29 is 9.59 Å². The molecule has 1 aliphatic heterocycles. The maximum Gasteiger partial charge on any atom is 0.253 e. The van der Waals surface area contributed by atoms with Crippen LogP contribution in [0.15, 0.2) is 24.3 Å². The highest BCUT2D eigenvalue weighted by atomic mass is 16.2. The molecule has 2 amide bonds. The molecule has 5 heteroatoms. The van der Waals surface area contributed by atoms with Gasteiger partial charge in [0.25, 0.3) is 5.91 Å². The Morgan fingerprint density at radius 1 is 1.17 bits per heavy atom. The van der Waals surface area contributed by atoms with Crippen LogP contribution in [-0.2, 0) is 4.79 Å². The molecule has 1 aromatic carbocycles. The van der Waals surface area contributed by atoms with Crippen molar-refractivity contribution >= 4 is 11.8 Å². The van der Waals surface area contributed by atoms with Gasteiger partial charge in [0.05, 0.1) is 6.04 Å². The lowest BCUT2D eigenvalue weighted by Crippen LogP contribution is -2.48. The summed E-state index contributed by atoms with van der Waals surface area (Å²) >= 11 is 0. The Hall–Kier alpha value is -1.88. The second-order valence-electron chi connectivity index (χ2n) is 6.75. The van der Waals surface area contributed by atoms with Gasteiger partial charge in [-0.1, -0.05) is 38.0 Å². The van der Waals surface area contributed by atoms with E-state index >= 15 is 0 Å². The molecule has 0 saturated carbocycles. The summed E-state index contributed by atoms with van der Waals surface area (Å²) in [6.07, 6.45) is 1.68. The Balaban J connectivity index is 2.00. The Morgan fingerprint density at radius 3 is 2.50 bits per heavy atom. The molecule has 2 N–H and O–H groups in total. The SMILES string of the molecule is CCC(C)C(N)C(=O)N1CCCN(C(=O)c2cccc(C)c2)CC1. The van der Waals surface area contributed by atoms with Crippen LogP contribution in [0.3, 0.4) is 0 Å². The van der Waals surface area contributed by atoms with E-state index in [9.17, 15) is 9.59 Å². The number of rotatable bonds is 4. The molecule has 0 radical (unpaired) electrons. The van der Waals surface area contributed by atoms with Gasteiger partial charge in [0.1, 0.15) is 0 Å². The summed E-state index contributed by atoms with van der Waals surface area (Å²) in [6, 6.07) is 7.20. The van der Waals surface area contributed by atoms with Gasteiger partial charge in [-0.25, -0.2) is 0 Å².